The summed E-state index contributed by atoms with van der Waals surface area (Å²) in [7, 11) is 0. The average Bonchev–Trinajstić information content (AvgIpc) is 3.25. The van der Waals surface area contributed by atoms with Crippen LogP contribution >= 0.6 is 11.3 Å². The number of nitrogens with one attached hydrogen (secondary N) is 2. The van der Waals surface area contributed by atoms with E-state index in [1.165, 1.54) is 35.7 Å². The summed E-state index contributed by atoms with van der Waals surface area (Å²) in [6, 6.07) is 4.44. The first-order chi connectivity index (χ1) is 13.3. The molecule has 3 aromatic rings. The molecule has 0 atom stereocenters. The van der Waals surface area contributed by atoms with Crippen molar-refractivity contribution in [2.75, 3.05) is 10.6 Å². The number of thiazole rings is 1. The molecule has 0 aliphatic carbocycles. The second-order valence-corrected chi connectivity index (χ2v) is 7.27. The van der Waals surface area contributed by atoms with Crippen molar-refractivity contribution in [2.24, 2.45) is 0 Å². The van der Waals surface area contributed by atoms with Gasteiger partial charge in [-0.15, -0.1) is 11.3 Å². The van der Waals surface area contributed by atoms with Crippen molar-refractivity contribution in [2.45, 2.75) is 33.2 Å². The zero-order chi connectivity index (χ0) is 20.3. The Hall–Kier alpha value is -3.27. The van der Waals surface area contributed by atoms with Crippen LogP contribution < -0.4 is 16.2 Å². The minimum Gasteiger partial charge on any atom is -0.360 e. The molecule has 0 radical (unpaired) electrons. The van der Waals surface area contributed by atoms with E-state index in [0.29, 0.717) is 10.9 Å². The van der Waals surface area contributed by atoms with E-state index in [2.05, 4.69) is 20.8 Å². The van der Waals surface area contributed by atoms with Crippen LogP contribution in [0.3, 0.4) is 0 Å². The average molecular weight is 401 g/mol. The lowest BCUT2D eigenvalue weighted by molar-refractivity contribution is -0.116. The molecule has 3 aromatic heterocycles. The molecule has 0 bridgehead atoms. The maximum atomic E-state index is 12.6. The molecule has 3 heterocycles. The second-order valence-electron chi connectivity index (χ2n) is 6.41. The van der Waals surface area contributed by atoms with Crippen LogP contribution in [0.25, 0.3) is 0 Å². The Balaban J connectivity index is 1.70. The van der Waals surface area contributed by atoms with E-state index in [1.807, 2.05) is 19.2 Å². The molecule has 146 valence electrons. The molecule has 0 aliphatic rings. The third-order valence-corrected chi connectivity index (χ3v) is 4.58. The smallest absolute Gasteiger partial charge is 0.263 e. The SMILES string of the molecule is Cc1cc(NC(=O)c2cccn(CC(=O)Nc3nc(C(C)C)cs3)c2=O)no1. The lowest BCUT2D eigenvalue weighted by Crippen LogP contribution is -2.32. The standard InChI is InChI=1S/C18H19N5O4S/c1-10(2)13-9-28-18(19-13)21-15(24)8-23-6-4-5-12(17(23)26)16(25)20-14-7-11(3)27-22-14/h4-7,9-10H,8H2,1-3H3,(H,19,21,24)(H,20,22,25). The number of aromatic nitrogens is 3. The topological polar surface area (TPSA) is 119 Å². The Kier molecular flexibility index (Phi) is 5.69. The molecule has 9 nitrogen and oxygen atoms in total. The molecule has 0 aromatic carbocycles. The monoisotopic (exact) mass is 401 g/mol. The summed E-state index contributed by atoms with van der Waals surface area (Å²) >= 11 is 1.32. The highest BCUT2D eigenvalue weighted by Crippen LogP contribution is 2.21. The zero-order valence-electron chi connectivity index (χ0n) is 15.6. The number of hydrogen-bond acceptors (Lipinski definition) is 7. The summed E-state index contributed by atoms with van der Waals surface area (Å²) in [4.78, 5) is 41.5. The van der Waals surface area contributed by atoms with E-state index in [1.54, 1.807) is 6.92 Å². The first-order valence-corrected chi connectivity index (χ1v) is 9.41. The number of amides is 2. The number of carbonyl (C=O) groups excluding carboxylic acids is 2. The molecule has 0 aliphatic heterocycles. The van der Waals surface area contributed by atoms with Gasteiger partial charge in [-0.05, 0) is 25.0 Å². The van der Waals surface area contributed by atoms with Crippen LogP contribution in [0, 0.1) is 6.92 Å². The fraction of sp³-hybridized carbons (Fsp3) is 0.278. The van der Waals surface area contributed by atoms with E-state index in [0.717, 1.165) is 10.3 Å². The van der Waals surface area contributed by atoms with Gasteiger partial charge in [0.2, 0.25) is 5.91 Å². The number of carbonyl (C=O) groups is 2. The van der Waals surface area contributed by atoms with Gasteiger partial charge in [0.05, 0.1) is 5.69 Å². The summed E-state index contributed by atoms with van der Waals surface area (Å²) in [6.45, 7) is 5.47. The fourth-order valence-corrected chi connectivity index (χ4v) is 3.25. The van der Waals surface area contributed by atoms with Crippen LogP contribution in [0.2, 0.25) is 0 Å². The normalized spacial score (nSPS) is 10.9. The molecule has 0 unspecified atom stereocenters. The van der Waals surface area contributed by atoms with Crippen molar-refractivity contribution in [3.8, 4) is 0 Å². The largest absolute Gasteiger partial charge is 0.360 e. The van der Waals surface area contributed by atoms with Crippen LogP contribution in [0.5, 0.6) is 0 Å². The van der Waals surface area contributed by atoms with E-state index in [4.69, 9.17) is 4.52 Å². The number of pyridine rings is 1. The number of anilines is 2. The van der Waals surface area contributed by atoms with Gasteiger partial charge in [-0.1, -0.05) is 19.0 Å². The van der Waals surface area contributed by atoms with E-state index >= 15 is 0 Å². The summed E-state index contributed by atoms with van der Waals surface area (Å²) < 4.78 is 6.04. The molecule has 2 N–H and O–H groups in total. The summed E-state index contributed by atoms with van der Waals surface area (Å²) in [5.41, 5.74) is 0.198. The van der Waals surface area contributed by atoms with Gasteiger partial charge in [0.25, 0.3) is 11.5 Å². The Bertz CT molecular complexity index is 1070. The minimum absolute atomic E-state index is 0.104. The minimum atomic E-state index is -0.630. The van der Waals surface area contributed by atoms with E-state index in [-0.39, 0.29) is 23.8 Å². The quantitative estimate of drug-likeness (QED) is 0.655. The maximum absolute atomic E-state index is 12.6. The van der Waals surface area contributed by atoms with Gasteiger partial charge in [0.15, 0.2) is 10.9 Å². The van der Waals surface area contributed by atoms with Gasteiger partial charge < -0.3 is 19.7 Å². The highest BCUT2D eigenvalue weighted by Gasteiger charge is 2.16. The lowest BCUT2D eigenvalue weighted by Gasteiger charge is -2.07. The molecule has 0 fully saturated rings. The molecule has 0 saturated carbocycles. The van der Waals surface area contributed by atoms with Crippen LogP contribution in [0.15, 0.2) is 39.1 Å². The van der Waals surface area contributed by atoms with Crippen LogP contribution in [0.1, 0.15) is 41.6 Å². The molecule has 2 amide bonds. The van der Waals surface area contributed by atoms with Crippen molar-refractivity contribution in [1.29, 1.82) is 0 Å². The highest BCUT2D eigenvalue weighted by molar-refractivity contribution is 7.13. The first kappa shape index (κ1) is 19.5. The van der Waals surface area contributed by atoms with Crippen molar-refractivity contribution in [3.63, 3.8) is 0 Å². The number of hydrogen-bond donors (Lipinski definition) is 2. The van der Waals surface area contributed by atoms with Gasteiger partial charge in [-0.3, -0.25) is 14.4 Å². The van der Waals surface area contributed by atoms with Crippen molar-refractivity contribution in [3.05, 3.63) is 57.1 Å². The number of rotatable bonds is 6. The molecular formula is C18H19N5O4S. The Labute approximate surface area is 164 Å². The Morgan fingerprint density at radius 1 is 1.32 bits per heavy atom. The zero-order valence-corrected chi connectivity index (χ0v) is 16.4. The number of aryl methyl sites for hydroxylation is 1. The predicted molar refractivity (Wildman–Crippen MR) is 105 cm³/mol. The van der Waals surface area contributed by atoms with Gasteiger partial charge in [0.1, 0.15) is 17.9 Å². The summed E-state index contributed by atoms with van der Waals surface area (Å²) in [6.07, 6.45) is 1.44. The van der Waals surface area contributed by atoms with E-state index < -0.39 is 17.4 Å². The van der Waals surface area contributed by atoms with Crippen LogP contribution in [-0.2, 0) is 11.3 Å². The maximum Gasteiger partial charge on any atom is 0.263 e. The van der Waals surface area contributed by atoms with Crippen LogP contribution in [-0.4, -0.2) is 26.5 Å². The molecule has 3 rings (SSSR count). The Morgan fingerprint density at radius 2 is 2.11 bits per heavy atom. The van der Waals surface area contributed by atoms with Gasteiger partial charge in [0, 0.05) is 17.6 Å². The van der Waals surface area contributed by atoms with E-state index in [9.17, 15) is 14.4 Å². The van der Waals surface area contributed by atoms with Gasteiger partial charge >= 0.3 is 0 Å². The van der Waals surface area contributed by atoms with Crippen molar-refractivity contribution >= 4 is 34.1 Å². The predicted octanol–water partition coefficient (Wildman–Crippen LogP) is 2.62. The second kappa shape index (κ2) is 8.17. The highest BCUT2D eigenvalue weighted by atomic mass is 32.1. The summed E-state index contributed by atoms with van der Waals surface area (Å²) in [5.74, 6) is -0.0424. The van der Waals surface area contributed by atoms with Crippen molar-refractivity contribution in [1.82, 2.24) is 14.7 Å². The third-order valence-electron chi connectivity index (χ3n) is 3.81. The first-order valence-electron chi connectivity index (χ1n) is 8.53. The third kappa shape index (κ3) is 4.52. The number of nitrogens with zero attached hydrogens (tertiary/aromatic N) is 3. The van der Waals surface area contributed by atoms with Crippen molar-refractivity contribution < 1.29 is 14.1 Å². The molecule has 0 spiro atoms. The molecule has 28 heavy (non-hydrogen) atoms. The molecule has 10 heteroatoms. The Morgan fingerprint density at radius 3 is 2.75 bits per heavy atom. The molecule has 0 saturated heterocycles. The fourth-order valence-electron chi connectivity index (χ4n) is 2.37. The summed E-state index contributed by atoms with van der Waals surface area (Å²) in [5, 5.41) is 11.2. The lowest BCUT2D eigenvalue weighted by atomic mass is 10.2. The van der Waals surface area contributed by atoms with Crippen LogP contribution in [0.4, 0.5) is 10.9 Å². The molecular weight excluding hydrogens is 382 g/mol. The van der Waals surface area contributed by atoms with Gasteiger partial charge in [-0.2, -0.15) is 0 Å². The van der Waals surface area contributed by atoms with Gasteiger partial charge in [-0.25, -0.2) is 4.98 Å².